The summed E-state index contributed by atoms with van der Waals surface area (Å²) in [6.45, 7) is 7.90. The van der Waals surface area contributed by atoms with Crippen LogP contribution in [0.2, 0.25) is 0 Å². The summed E-state index contributed by atoms with van der Waals surface area (Å²) in [6.07, 6.45) is 0.883. The number of piperidine rings is 1. The molecule has 12 nitrogen and oxygen atoms in total. The van der Waals surface area contributed by atoms with Crippen LogP contribution in [0.25, 0.3) is 33.9 Å². The smallest absolute Gasteiger partial charge is 0.421 e. The zero-order chi connectivity index (χ0) is 33.2. The predicted molar refractivity (Wildman–Crippen MR) is 166 cm³/mol. The number of pyridine rings is 2. The first-order valence-corrected chi connectivity index (χ1v) is 14.9. The van der Waals surface area contributed by atoms with Crippen molar-refractivity contribution in [3.63, 3.8) is 0 Å². The molecule has 15 heteroatoms. The molecular formula is C31H37F3N8O4. The summed E-state index contributed by atoms with van der Waals surface area (Å²) in [5, 5.41) is 9.28. The molecule has 46 heavy (non-hydrogen) atoms. The number of rotatable bonds is 11. The molecule has 0 unspecified atom stereocenters. The molecule has 5 heterocycles. The summed E-state index contributed by atoms with van der Waals surface area (Å²) in [7, 11) is 3.52. The quantitative estimate of drug-likeness (QED) is 0.220. The van der Waals surface area contributed by atoms with E-state index in [1.807, 2.05) is 16.8 Å². The van der Waals surface area contributed by atoms with Crippen LogP contribution in [-0.4, -0.2) is 88.0 Å². The number of hydrogen-bond donors (Lipinski definition) is 2. The molecule has 1 saturated heterocycles. The maximum atomic E-state index is 14.0. The van der Waals surface area contributed by atoms with Crippen molar-refractivity contribution in [3.05, 3.63) is 36.3 Å². The van der Waals surface area contributed by atoms with Crippen LogP contribution in [-0.2, 0) is 15.7 Å². The van der Waals surface area contributed by atoms with Gasteiger partial charge in [0.1, 0.15) is 22.6 Å². The van der Waals surface area contributed by atoms with Crippen LogP contribution in [0, 0.1) is 11.3 Å². The molecule has 0 aromatic carbocycles. The Morgan fingerprint density at radius 3 is 2.43 bits per heavy atom. The first-order valence-electron chi connectivity index (χ1n) is 14.9. The molecule has 1 aliphatic rings. The summed E-state index contributed by atoms with van der Waals surface area (Å²) >= 11 is 0. The van der Waals surface area contributed by atoms with Crippen molar-refractivity contribution in [2.45, 2.75) is 39.8 Å². The van der Waals surface area contributed by atoms with Crippen LogP contribution in [0.5, 0.6) is 5.88 Å². The SMILES string of the molecule is CCOc1ncc(-c2cc(N(C)CC(C)(C)COC)c3[nH]c(-c4cnc(N5CCC(C(=O)O)CC5)cn4)nc3n2)cc1C(F)(F)F. The topological polar surface area (TPSA) is 142 Å². The fourth-order valence-electron chi connectivity index (χ4n) is 5.71. The number of hydrogen-bond acceptors (Lipinski definition) is 10. The lowest BCUT2D eigenvalue weighted by Crippen LogP contribution is -2.36. The van der Waals surface area contributed by atoms with E-state index in [0.29, 0.717) is 67.6 Å². The highest BCUT2D eigenvalue weighted by molar-refractivity contribution is 5.91. The molecule has 0 aliphatic carbocycles. The summed E-state index contributed by atoms with van der Waals surface area (Å²) in [5.74, 6) is -0.617. The van der Waals surface area contributed by atoms with E-state index in [1.54, 1.807) is 32.5 Å². The van der Waals surface area contributed by atoms with Crippen molar-refractivity contribution < 1.29 is 32.5 Å². The lowest BCUT2D eigenvalue weighted by molar-refractivity contribution is -0.142. The van der Waals surface area contributed by atoms with Crippen LogP contribution < -0.4 is 14.5 Å². The van der Waals surface area contributed by atoms with Crippen LogP contribution in [0.4, 0.5) is 24.7 Å². The molecule has 246 valence electrons. The Morgan fingerprint density at radius 1 is 1.09 bits per heavy atom. The average molecular weight is 643 g/mol. The number of aliphatic carboxylic acids is 1. The summed E-state index contributed by atoms with van der Waals surface area (Å²) in [5.41, 5.74) is 1.12. The Kier molecular flexibility index (Phi) is 9.33. The number of halogens is 3. The maximum absolute atomic E-state index is 14.0. The van der Waals surface area contributed by atoms with Gasteiger partial charge in [0.25, 0.3) is 0 Å². The Hall–Kier alpha value is -4.53. The Bertz CT molecular complexity index is 1690. The highest BCUT2D eigenvalue weighted by Gasteiger charge is 2.36. The molecule has 0 radical (unpaired) electrons. The zero-order valence-corrected chi connectivity index (χ0v) is 26.4. The molecule has 1 aliphatic heterocycles. The first-order chi connectivity index (χ1) is 21.8. The highest BCUT2D eigenvalue weighted by atomic mass is 19.4. The van der Waals surface area contributed by atoms with Crippen molar-refractivity contribution in [2.24, 2.45) is 11.3 Å². The molecule has 2 N–H and O–H groups in total. The summed E-state index contributed by atoms with van der Waals surface area (Å²) in [6, 6.07) is 2.70. The van der Waals surface area contributed by atoms with Crippen LogP contribution in [0.15, 0.2) is 30.7 Å². The number of carboxylic acid groups (broad SMARTS) is 1. The lowest BCUT2D eigenvalue weighted by atomic mass is 9.94. The third kappa shape index (κ3) is 7.14. The van der Waals surface area contributed by atoms with Crippen molar-refractivity contribution in [2.75, 3.05) is 56.8 Å². The number of aromatic amines is 1. The molecule has 4 aromatic rings. The van der Waals surface area contributed by atoms with Gasteiger partial charge in [-0.25, -0.2) is 24.9 Å². The Morgan fingerprint density at radius 2 is 1.83 bits per heavy atom. The fraction of sp³-hybridized carbons (Fsp3) is 0.484. The standard InChI is InChI=1S/C31H37F3N8O4/c1-6-46-28-20(31(32,33)34)11-19(13-37-28)21-12-23(41(4)16-30(2,3)17-45-5)25-27(38-21)40-26(39-25)22-14-36-24(15-35-22)42-9-7-18(8-10-42)29(43)44/h11-15,18H,6-10,16-17H2,1-5H3,(H,43,44)(H,38,39,40). The zero-order valence-electron chi connectivity index (χ0n) is 26.4. The van der Waals surface area contributed by atoms with E-state index in [-0.39, 0.29) is 34.8 Å². The minimum atomic E-state index is -4.68. The van der Waals surface area contributed by atoms with Gasteiger partial charge >= 0.3 is 12.1 Å². The number of aromatic nitrogens is 6. The van der Waals surface area contributed by atoms with Gasteiger partial charge in [0.05, 0.1) is 42.9 Å². The number of ether oxygens (including phenoxy) is 2. The van der Waals surface area contributed by atoms with Crippen LogP contribution in [0.1, 0.15) is 39.2 Å². The molecule has 4 aromatic heterocycles. The van der Waals surface area contributed by atoms with Gasteiger partial charge in [-0.05, 0) is 31.9 Å². The fourth-order valence-corrected chi connectivity index (χ4v) is 5.71. The number of carboxylic acids is 1. The van der Waals surface area contributed by atoms with Gasteiger partial charge in [-0.15, -0.1) is 0 Å². The van der Waals surface area contributed by atoms with Crippen molar-refractivity contribution in [3.8, 4) is 28.7 Å². The number of anilines is 2. The number of H-pyrrole nitrogens is 1. The lowest BCUT2D eigenvalue weighted by Gasteiger charge is -2.31. The minimum absolute atomic E-state index is 0.0367. The number of methoxy groups -OCH3 is 1. The van der Waals surface area contributed by atoms with E-state index < -0.39 is 23.6 Å². The second kappa shape index (κ2) is 13.1. The Labute approximate surface area is 264 Å². The Balaban J connectivity index is 1.54. The van der Waals surface area contributed by atoms with E-state index in [4.69, 9.17) is 9.47 Å². The average Bonchev–Trinajstić information content (AvgIpc) is 3.44. The van der Waals surface area contributed by atoms with E-state index in [0.717, 1.165) is 6.07 Å². The van der Waals surface area contributed by atoms with E-state index in [1.165, 1.54) is 6.20 Å². The molecule has 5 rings (SSSR count). The van der Waals surface area contributed by atoms with E-state index in [9.17, 15) is 23.1 Å². The van der Waals surface area contributed by atoms with Gasteiger partial charge in [0.15, 0.2) is 11.5 Å². The van der Waals surface area contributed by atoms with Crippen LogP contribution >= 0.6 is 0 Å². The van der Waals surface area contributed by atoms with Gasteiger partial charge in [0.2, 0.25) is 5.88 Å². The second-order valence-electron chi connectivity index (χ2n) is 12.1. The predicted octanol–water partition coefficient (Wildman–Crippen LogP) is 5.30. The van der Waals surface area contributed by atoms with Gasteiger partial charge in [0, 0.05) is 51.0 Å². The first kappa shape index (κ1) is 32.9. The van der Waals surface area contributed by atoms with Crippen molar-refractivity contribution >= 4 is 28.6 Å². The minimum Gasteiger partial charge on any atom is -0.481 e. The maximum Gasteiger partial charge on any atom is 0.421 e. The summed E-state index contributed by atoms with van der Waals surface area (Å²) in [4.78, 5) is 41.0. The number of fused-ring (bicyclic) bond motifs is 1. The van der Waals surface area contributed by atoms with E-state index in [2.05, 4.69) is 43.8 Å². The molecule has 1 fully saturated rings. The van der Waals surface area contributed by atoms with Crippen molar-refractivity contribution in [1.82, 2.24) is 29.9 Å². The molecule has 0 bridgehead atoms. The van der Waals surface area contributed by atoms with Gasteiger partial charge < -0.3 is 29.4 Å². The third-order valence-electron chi connectivity index (χ3n) is 7.83. The molecular weight excluding hydrogens is 605 g/mol. The molecule has 0 saturated carbocycles. The number of carbonyl (C=O) groups is 1. The highest BCUT2D eigenvalue weighted by Crippen LogP contribution is 2.39. The number of alkyl halides is 3. The van der Waals surface area contributed by atoms with Gasteiger partial charge in [-0.3, -0.25) is 4.79 Å². The number of imidazole rings is 1. The van der Waals surface area contributed by atoms with E-state index >= 15 is 0 Å². The molecule has 0 spiro atoms. The molecule has 0 amide bonds. The van der Waals surface area contributed by atoms with Gasteiger partial charge in [-0.2, -0.15) is 13.2 Å². The third-order valence-corrected chi connectivity index (χ3v) is 7.83. The van der Waals surface area contributed by atoms with Crippen LogP contribution in [0.3, 0.4) is 0 Å². The normalized spacial score (nSPS) is 14.6. The summed E-state index contributed by atoms with van der Waals surface area (Å²) < 4.78 is 52.4. The van der Waals surface area contributed by atoms with Gasteiger partial charge in [-0.1, -0.05) is 13.8 Å². The monoisotopic (exact) mass is 642 g/mol. The number of nitrogens with one attached hydrogen (secondary N) is 1. The number of nitrogens with zero attached hydrogens (tertiary/aromatic N) is 7. The largest absolute Gasteiger partial charge is 0.481 e. The van der Waals surface area contributed by atoms with Crippen molar-refractivity contribution in [1.29, 1.82) is 0 Å². The second-order valence-corrected chi connectivity index (χ2v) is 12.1. The molecule has 0 atom stereocenters.